The summed E-state index contributed by atoms with van der Waals surface area (Å²) in [5, 5.41) is 3.58. The zero-order chi connectivity index (χ0) is 11.4. The van der Waals surface area contributed by atoms with Crippen LogP contribution in [-0.2, 0) is 0 Å². The Morgan fingerprint density at radius 3 is 2.94 bits per heavy atom. The maximum atomic E-state index is 4.25. The lowest BCUT2D eigenvalue weighted by atomic mass is 9.98. The normalized spacial score (nSPS) is 17.4. The van der Waals surface area contributed by atoms with Gasteiger partial charge >= 0.3 is 0 Å². The molecule has 1 saturated carbocycles. The van der Waals surface area contributed by atoms with Gasteiger partial charge in [-0.2, -0.15) is 0 Å². The minimum Gasteiger partial charge on any atom is -0.310 e. The minimum absolute atomic E-state index is 0.499. The molecule has 88 valence electrons. The molecule has 1 aromatic rings. The summed E-state index contributed by atoms with van der Waals surface area (Å²) in [7, 11) is 0. The molecule has 0 aliphatic heterocycles. The highest BCUT2D eigenvalue weighted by Gasteiger charge is 2.23. The molecule has 1 aromatic heterocycles. The molecule has 1 aliphatic rings. The first-order valence-corrected chi connectivity index (χ1v) is 6.45. The smallest absolute Gasteiger partial charge is 0.0338 e. The Hall–Kier alpha value is -0.890. The fourth-order valence-corrected chi connectivity index (χ4v) is 2.26. The van der Waals surface area contributed by atoms with Crippen molar-refractivity contribution in [1.29, 1.82) is 0 Å². The average molecular weight is 218 g/mol. The third kappa shape index (κ3) is 3.05. The van der Waals surface area contributed by atoms with Crippen molar-refractivity contribution in [3.63, 3.8) is 0 Å². The molecule has 1 atom stereocenters. The van der Waals surface area contributed by atoms with Crippen LogP contribution in [0.5, 0.6) is 0 Å². The van der Waals surface area contributed by atoms with Crippen LogP contribution in [0, 0.1) is 12.8 Å². The largest absolute Gasteiger partial charge is 0.310 e. The van der Waals surface area contributed by atoms with Crippen molar-refractivity contribution in [2.24, 2.45) is 5.92 Å². The van der Waals surface area contributed by atoms with E-state index < -0.39 is 0 Å². The molecular weight excluding hydrogens is 196 g/mol. The molecule has 2 nitrogen and oxygen atoms in total. The van der Waals surface area contributed by atoms with Gasteiger partial charge < -0.3 is 5.32 Å². The van der Waals surface area contributed by atoms with E-state index in [1.807, 2.05) is 12.4 Å². The van der Waals surface area contributed by atoms with Crippen molar-refractivity contribution in [2.45, 2.75) is 45.6 Å². The summed E-state index contributed by atoms with van der Waals surface area (Å²) >= 11 is 0. The first-order chi connectivity index (χ1) is 7.81. The topological polar surface area (TPSA) is 24.9 Å². The molecule has 2 rings (SSSR count). The molecular formula is C14H22N2. The van der Waals surface area contributed by atoms with Crippen molar-refractivity contribution in [3.8, 4) is 0 Å². The lowest BCUT2D eigenvalue weighted by molar-refractivity contribution is 0.479. The molecule has 1 fully saturated rings. The van der Waals surface area contributed by atoms with Gasteiger partial charge in [-0.3, -0.25) is 4.98 Å². The Morgan fingerprint density at radius 2 is 2.31 bits per heavy atom. The molecule has 1 unspecified atom stereocenters. The van der Waals surface area contributed by atoms with Crippen molar-refractivity contribution in [2.75, 3.05) is 6.54 Å². The molecule has 2 heteroatoms. The molecule has 0 amide bonds. The first-order valence-electron chi connectivity index (χ1n) is 6.45. The van der Waals surface area contributed by atoms with E-state index in [0.29, 0.717) is 6.04 Å². The number of aromatic nitrogens is 1. The monoisotopic (exact) mass is 218 g/mol. The molecule has 1 aliphatic carbocycles. The second kappa shape index (κ2) is 5.44. The maximum Gasteiger partial charge on any atom is 0.0338 e. The highest BCUT2D eigenvalue weighted by atomic mass is 14.9. The van der Waals surface area contributed by atoms with E-state index in [1.54, 1.807) is 0 Å². The minimum atomic E-state index is 0.499. The third-order valence-corrected chi connectivity index (χ3v) is 3.47. The van der Waals surface area contributed by atoms with Crippen LogP contribution in [0.2, 0.25) is 0 Å². The summed E-state index contributed by atoms with van der Waals surface area (Å²) < 4.78 is 0. The molecule has 0 saturated heterocycles. The van der Waals surface area contributed by atoms with E-state index in [0.717, 1.165) is 12.5 Å². The van der Waals surface area contributed by atoms with Gasteiger partial charge in [0.05, 0.1) is 0 Å². The van der Waals surface area contributed by atoms with E-state index in [4.69, 9.17) is 0 Å². The van der Waals surface area contributed by atoms with Crippen molar-refractivity contribution >= 4 is 0 Å². The molecule has 0 spiro atoms. The molecule has 0 radical (unpaired) electrons. The highest BCUT2D eigenvalue weighted by molar-refractivity contribution is 5.25. The summed E-state index contributed by atoms with van der Waals surface area (Å²) in [6, 6.07) is 2.61. The SMILES string of the molecule is CCNC(CCC1CC1)c1cnccc1C. The Morgan fingerprint density at radius 1 is 1.50 bits per heavy atom. The number of pyridine rings is 1. The molecule has 1 N–H and O–H groups in total. The average Bonchev–Trinajstić information content (AvgIpc) is 3.09. The Labute approximate surface area is 98.5 Å². The van der Waals surface area contributed by atoms with Crippen molar-refractivity contribution in [1.82, 2.24) is 10.3 Å². The lowest BCUT2D eigenvalue weighted by Crippen LogP contribution is -2.22. The van der Waals surface area contributed by atoms with E-state index >= 15 is 0 Å². The standard InChI is InChI=1S/C14H22N2/c1-3-16-14(7-6-12-4-5-12)13-10-15-9-8-11(13)2/h8-10,12,14,16H,3-7H2,1-2H3. The highest BCUT2D eigenvalue weighted by Crippen LogP contribution is 2.36. The summed E-state index contributed by atoms with van der Waals surface area (Å²) in [6.45, 7) is 5.39. The fourth-order valence-electron chi connectivity index (χ4n) is 2.26. The quantitative estimate of drug-likeness (QED) is 0.793. The van der Waals surface area contributed by atoms with Gasteiger partial charge in [-0.15, -0.1) is 0 Å². The van der Waals surface area contributed by atoms with Crippen LogP contribution in [0.25, 0.3) is 0 Å². The van der Waals surface area contributed by atoms with Crippen LogP contribution < -0.4 is 5.32 Å². The van der Waals surface area contributed by atoms with Crippen molar-refractivity contribution < 1.29 is 0 Å². The first kappa shape index (κ1) is 11.6. The van der Waals surface area contributed by atoms with Crippen LogP contribution >= 0.6 is 0 Å². The Balaban J connectivity index is 2.01. The van der Waals surface area contributed by atoms with Gasteiger partial charge in [0.15, 0.2) is 0 Å². The summed E-state index contributed by atoms with van der Waals surface area (Å²) in [5.74, 6) is 1.01. The number of nitrogens with zero attached hydrogens (tertiary/aromatic N) is 1. The van der Waals surface area contributed by atoms with Crippen LogP contribution in [-0.4, -0.2) is 11.5 Å². The number of rotatable bonds is 6. The number of nitrogens with one attached hydrogen (secondary N) is 1. The van der Waals surface area contributed by atoms with Crippen LogP contribution in [0.3, 0.4) is 0 Å². The van der Waals surface area contributed by atoms with Gasteiger partial charge in [0, 0.05) is 18.4 Å². The fraction of sp³-hybridized carbons (Fsp3) is 0.643. The summed E-state index contributed by atoms with van der Waals surface area (Å²) in [4.78, 5) is 4.25. The van der Waals surface area contributed by atoms with Gasteiger partial charge in [0.1, 0.15) is 0 Å². The summed E-state index contributed by atoms with van der Waals surface area (Å²) in [5.41, 5.74) is 2.74. The zero-order valence-electron chi connectivity index (χ0n) is 10.4. The van der Waals surface area contributed by atoms with Crippen LogP contribution in [0.15, 0.2) is 18.5 Å². The summed E-state index contributed by atoms with van der Waals surface area (Å²) in [6.07, 6.45) is 9.42. The van der Waals surface area contributed by atoms with Crippen LogP contribution in [0.1, 0.15) is 49.8 Å². The predicted octanol–water partition coefficient (Wildman–Crippen LogP) is 3.23. The van der Waals surface area contributed by atoms with Gasteiger partial charge in [-0.25, -0.2) is 0 Å². The maximum absolute atomic E-state index is 4.25. The Bertz CT molecular complexity index is 331. The van der Waals surface area contributed by atoms with Gasteiger partial charge in [0.25, 0.3) is 0 Å². The molecule has 0 bridgehead atoms. The van der Waals surface area contributed by atoms with Gasteiger partial charge in [-0.05, 0) is 49.4 Å². The van der Waals surface area contributed by atoms with E-state index in [1.165, 1.54) is 36.8 Å². The van der Waals surface area contributed by atoms with Crippen molar-refractivity contribution in [3.05, 3.63) is 29.6 Å². The number of hydrogen-bond acceptors (Lipinski definition) is 2. The molecule has 0 aromatic carbocycles. The molecule has 1 heterocycles. The number of aryl methyl sites for hydroxylation is 1. The Kier molecular flexibility index (Phi) is 3.94. The predicted molar refractivity (Wildman–Crippen MR) is 67.3 cm³/mol. The van der Waals surface area contributed by atoms with E-state index in [2.05, 4.69) is 30.2 Å². The van der Waals surface area contributed by atoms with E-state index in [9.17, 15) is 0 Å². The second-order valence-corrected chi connectivity index (χ2v) is 4.86. The number of hydrogen-bond donors (Lipinski definition) is 1. The molecule has 16 heavy (non-hydrogen) atoms. The second-order valence-electron chi connectivity index (χ2n) is 4.86. The van der Waals surface area contributed by atoms with Gasteiger partial charge in [0.2, 0.25) is 0 Å². The van der Waals surface area contributed by atoms with E-state index in [-0.39, 0.29) is 0 Å². The van der Waals surface area contributed by atoms with Crippen LogP contribution in [0.4, 0.5) is 0 Å². The zero-order valence-corrected chi connectivity index (χ0v) is 10.4. The third-order valence-electron chi connectivity index (χ3n) is 3.47. The van der Waals surface area contributed by atoms with Gasteiger partial charge in [-0.1, -0.05) is 19.8 Å². The lowest BCUT2D eigenvalue weighted by Gasteiger charge is -2.19.